The number of rotatable bonds is 3. The van der Waals surface area contributed by atoms with E-state index in [1.54, 1.807) is 0 Å². The van der Waals surface area contributed by atoms with Gasteiger partial charge in [0.2, 0.25) is 0 Å². The molecule has 0 aromatic heterocycles. The number of hydrogen-bond acceptors (Lipinski definition) is 3. The van der Waals surface area contributed by atoms with Crippen LogP contribution in [0.15, 0.2) is 24.3 Å². The second kappa shape index (κ2) is 6.46. The molecular weight excluding hydrogens is 276 g/mol. The fourth-order valence-corrected chi connectivity index (χ4v) is 3.06. The zero-order chi connectivity index (χ0) is 13.2. The predicted octanol–water partition coefficient (Wildman–Crippen LogP) is 1.80. The van der Waals surface area contributed by atoms with Crippen LogP contribution in [0.1, 0.15) is 17.3 Å². The van der Waals surface area contributed by atoms with E-state index >= 15 is 0 Å². The Balaban J connectivity index is 0.00000147. The topological polar surface area (TPSA) is 41.6 Å². The van der Waals surface area contributed by atoms with Gasteiger partial charge >= 0.3 is 0 Å². The summed E-state index contributed by atoms with van der Waals surface area (Å²) in [4.78, 5) is 14.4. The van der Waals surface area contributed by atoms with Gasteiger partial charge in [0.05, 0.1) is 6.61 Å². The van der Waals surface area contributed by atoms with Gasteiger partial charge in [-0.05, 0) is 43.0 Å². The van der Waals surface area contributed by atoms with E-state index in [9.17, 15) is 4.79 Å². The zero-order valence-electron chi connectivity index (χ0n) is 11.7. The van der Waals surface area contributed by atoms with E-state index in [1.807, 2.05) is 36.1 Å². The molecule has 110 valence electrons. The molecule has 0 saturated carbocycles. The van der Waals surface area contributed by atoms with Crippen LogP contribution < -0.4 is 10.1 Å². The van der Waals surface area contributed by atoms with Gasteiger partial charge in [-0.15, -0.1) is 12.4 Å². The molecule has 5 heteroatoms. The summed E-state index contributed by atoms with van der Waals surface area (Å²) in [6, 6.07) is 7.46. The van der Waals surface area contributed by atoms with Crippen LogP contribution in [0.25, 0.3) is 0 Å². The fraction of sp³-hybridized carbons (Fsp3) is 0.533. The first-order chi connectivity index (χ1) is 9.28. The van der Waals surface area contributed by atoms with Crippen molar-refractivity contribution >= 4 is 18.3 Å². The molecule has 1 aromatic rings. The van der Waals surface area contributed by atoms with Crippen LogP contribution in [0.4, 0.5) is 0 Å². The lowest BCUT2D eigenvalue weighted by atomic mass is 10.0. The number of amides is 1. The van der Waals surface area contributed by atoms with Gasteiger partial charge in [0, 0.05) is 31.7 Å². The van der Waals surface area contributed by atoms with E-state index in [1.165, 1.54) is 0 Å². The highest BCUT2D eigenvalue weighted by Crippen LogP contribution is 2.27. The van der Waals surface area contributed by atoms with E-state index in [2.05, 4.69) is 5.32 Å². The number of halogens is 1. The van der Waals surface area contributed by atoms with Gasteiger partial charge in [0.1, 0.15) is 5.75 Å². The van der Waals surface area contributed by atoms with Crippen LogP contribution in [-0.4, -0.2) is 43.6 Å². The molecule has 1 N–H and O–H groups in total. The monoisotopic (exact) mass is 296 g/mol. The van der Waals surface area contributed by atoms with Crippen molar-refractivity contribution in [3.63, 3.8) is 0 Å². The minimum Gasteiger partial charge on any atom is -0.494 e. The van der Waals surface area contributed by atoms with Crippen LogP contribution in [0, 0.1) is 11.8 Å². The molecule has 2 aliphatic heterocycles. The molecule has 0 unspecified atom stereocenters. The maximum Gasteiger partial charge on any atom is 0.253 e. The standard InChI is InChI=1S/C15H20N2O2.ClH/c1-2-19-14-5-3-11(4-6-14)15(18)17-9-12-7-16-8-13(12)10-17;/h3-6,12-13,16H,2,7-10H2,1H3;1H/t12-,13+;. The van der Waals surface area contributed by atoms with E-state index in [4.69, 9.17) is 4.74 Å². The molecule has 0 radical (unpaired) electrons. The Bertz CT molecular complexity index is 451. The summed E-state index contributed by atoms with van der Waals surface area (Å²) in [6.45, 7) is 6.49. The molecule has 2 saturated heterocycles. The Hall–Kier alpha value is -1.26. The van der Waals surface area contributed by atoms with Crippen LogP contribution in [0.2, 0.25) is 0 Å². The summed E-state index contributed by atoms with van der Waals surface area (Å²) in [6.07, 6.45) is 0. The lowest BCUT2D eigenvalue weighted by molar-refractivity contribution is 0.0781. The number of benzene rings is 1. The summed E-state index contributed by atoms with van der Waals surface area (Å²) in [5.74, 6) is 2.26. The van der Waals surface area contributed by atoms with Crippen LogP contribution in [0.3, 0.4) is 0 Å². The van der Waals surface area contributed by atoms with E-state index < -0.39 is 0 Å². The van der Waals surface area contributed by atoms with Gasteiger partial charge in [0.15, 0.2) is 0 Å². The number of hydrogen-bond donors (Lipinski definition) is 1. The molecule has 1 aromatic carbocycles. The van der Waals surface area contributed by atoms with Gasteiger partial charge in [-0.3, -0.25) is 4.79 Å². The predicted molar refractivity (Wildman–Crippen MR) is 80.6 cm³/mol. The Morgan fingerprint density at radius 1 is 1.25 bits per heavy atom. The zero-order valence-corrected chi connectivity index (χ0v) is 12.5. The van der Waals surface area contributed by atoms with Crippen molar-refractivity contribution in [3.05, 3.63) is 29.8 Å². The molecule has 2 atom stereocenters. The number of nitrogens with zero attached hydrogens (tertiary/aromatic N) is 1. The highest BCUT2D eigenvalue weighted by atomic mass is 35.5. The average Bonchev–Trinajstić information content (AvgIpc) is 3.00. The second-order valence-corrected chi connectivity index (χ2v) is 5.35. The second-order valence-electron chi connectivity index (χ2n) is 5.35. The van der Waals surface area contributed by atoms with Gasteiger partial charge in [-0.25, -0.2) is 0 Å². The molecule has 0 spiro atoms. The summed E-state index contributed by atoms with van der Waals surface area (Å²) in [5.41, 5.74) is 0.761. The first kappa shape index (κ1) is 15.1. The number of fused-ring (bicyclic) bond motifs is 1. The SMILES string of the molecule is CCOc1ccc(C(=O)N2C[C@H]3CNC[C@H]3C2)cc1.Cl. The summed E-state index contributed by atoms with van der Waals surface area (Å²) in [7, 11) is 0. The molecular formula is C15H21ClN2O2. The van der Waals surface area contributed by atoms with E-state index in [0.717, 1.165) is 37.5 Å². The van der Waals surface area contributed by atoms with Crippen LogP contribution >= 0.6 is 12.4 Å². The van der Waals surface area contributed by atoms with Crippen molar-refractivity contribution in [1.29, 1.82) is 0 Å². The Labute approximate surface area is 125 Å². The molecule has 0 bridgehead atoms. The first-order valence-corrected chi connectivity index (χ1v) is 7.00. The molecule has 0 aliphatic carbocycles. The third-order valence-corrected chi connectivity index (χ3v) is 4.09. The van der Waals surface area contributed by atoms with Crippen molar-refractivity contribution in [3.8, 4) is 5.75 Å². The van der Waals surface area contributed by atoms with Crippen molar-refractivity contribution in [2.24, 2.45) is 11.8 Å². The molecule has 4 nitrogen and oxygen atoms in total. The van der Waals surface area contributed by atoms with Gasteiger partial charge in [0.25, 0.3) is 5.91 Å². The van der Waals surface area contributed by atoms with Gasteiger partial charge in [-0.2, -0.15) is 0 Å². The number of carbonyl (C=O) groups excluding carboxylic acids is 1. The maximum atomic E-state index is 12.4. The van der Waals surface area contributed by atoms with Gasteiger partial charge < -0.3 is 15.0 Å². The van der Waals surface area contributed by atoms with Crippen LogP contribution in [0.5, 0.6) is 5.75 Å². The lowest BCUT2D eigenvalue weighted by Crippen LogP contribution is -2.31. The molecule has 20 heavy (non-hydrogen) atoms. The van der Waals surface area contributed by atoms with Gasteiger partial charge in [-0.1, -0.05) is 0 Å². The summed E-state index contributed by atoms with van der Waals surface area (Å²) < 4.78 is 5.39. The fourth-order valence-electron chi connectivity index (χ4n) is 3.06. The normalized spacial score (nSPS) is 24.1. The number of ether oxygens (including phenoxy) is 1. The Morgan fingerprint density at radius 3 is 2.40 bits per heavy atom. The van der Waals surface area contributed by atoms with Crippen molar-refractivity contribution in [1.82, 2.24) is 10.2 Å². The summed E-state index contributed by atoms with van der Waals surface area (Å²) in [5, 5.41) is 3.39. The molecule has 2 aliphatic rings. The molecule has 3 rings (SSSR count). The number of likely N-dealkylation sites (tertiary alicyclic amines) is 1. The Morgan fingerprint density at radius 2 is 1.85 bits per heavy atom. The number of nitrogens with one attached hydrogen (secondary N) is 1. The Kier molecular flexibility index (Phi) is 4.89. The minimum atomic E-state index is 0. The third-order valence-electron chi connectivity index (χ3n) is 4.09. The first-order valence-electron chi connectivity index (χ1n) is 7.00. The molecule has 1 amide bonds. The summed E-state index contributed by atoms with van der Waals surface area (Å²) >= 11 is 0. The maximum absolute atomic E-state index is 12.4. The molecule has 2 heterocycles. The number of carbonyl (C=O) groups is 1. The third kappa shape index (κ3) is 2.91. The molecule has 2 fully saturated rings. The largest absolute Gasteiger partial charge is 0.494 e. The van der Waals surface area contributed by atoms with E-state index in [-0.39, 0.29) is 18.3 Å². The van der Waals surface area contributed by atoms with Crippen LogP contribution in [-0.2, 0) is 0 Å². The smallest absolute Gasteiger partial charge is 0.253 e. The quantitative estimate of drug-likeness (QED) is 0.925. The van der Waals surface area contributed by atoms with Crippen molar-refractivity contribution in [2.75, 3.05) is 32.8 Å². The van der Waals surface area contributed by atoms with E-state index in [0.29, 0.717) is 18.4 Å². The minimum absolute atomic E-state index is 0. The van der Waals surface area contributed by atoms with Crippen molar-refractivity contribution in [2.45, 2.75) is 6.92 Å². The lowest BCUT2D eigenvalue weighted by Gasteiger charge is -2.17. The highest BCUT2D eigenvalue weighted by Gasteiger charge is 2.38. The average molecular weight is 297 g/mol. The van der Waals surface area contributed by atoms with Crippen molar-refractivity contribution < 1.29 is 9.53 Å². The highest BCUT2D eigenvalue weighted by molar-refractivity contribution is 5.94.